The number of ether oxygens (including phenoxy) is 2. The van der Waals surface area contributed by atoms with E-state index in [4.69, 9.17) is 9.47 Å². The number of hydrogen-bond acceptors (Lipinski definition) is 5. The minimum absolute atomic E-state index is 0.111. The van der Waals surface area contributed by atoms with Gasteiger partial charge in [0.25, 0.3) is 0 Å². The number of amides is 1. The second kappa shape index (κ2) is 12.0. The molecule has 0 bridgehead atoms. The normalized spacial score (nSPS) is 15.2. The van der Waals surface area contributed by atoms with Crippen LogP contribution >= 0.6 is 0 Å². The fourth-order valence-electron chi connectivity index (χ4n) is 3.65. The number of methoxy groups -OCH3 is 1. The van der Waals surface area contributed by atoms with E-state index in [1.807, 2.05) is 18.2 Å². The lowest BCUT2D eigenvalue weighted by Crippen LogP contribution is -2.31. The smallest absolute Gasteiger partial charge is 0.243 e. The Balaban J connectivity index is 1.51. The topological polar surface area (TPSA) is 84.9 Å². The van der Waals surface area contributed by atoms with E-state index < -0.39 is 10.0 Å². The Hall–Kier alpha value is -2.42. The summed E-state index contributed by atoms with van der Waals surface area (Å²) < 4.78 is 37.9. The van der Waals surface area contributed by atoms with Crippen molar-refractivity contribution in [1.29, 1.82) is 0 Å². The largest absolute Gasteiger partial charge is 0.491 e. The van der Waals surface area contributed by atoms with E-state index in [0.717, 1.165) is 31.2 Å². The third kappa shape index (κ3) is 7.05. The molecule has 32 heavy (non-hydrogen) atoms. The van der Waals surface area contributed by atoms with Gasteiger partial charge in [-0.3, -0.25) is 4.79 Å². The summed E-state index contributed by atoms with van der Waals surface area (Å²) in [7, 11) is -1.84. The van der Waals surface area contributed by atoms with Crippen LogP contribution in [0.3, 0.4) is 0 Å². The van der Waals surface area contributed by atoms with Crippen molar-refractivity contribution in [3.05, 3.63) is 54.1 Å². The van der Waals surface area contributed by atoms with Crippen molar-refractivity contribution in [3.8, 4) is 5.75 Å². The number of carbonyl (C=O) groups excluding carboxylic acids is 1. The number of nitrogens with one attached hydrogen (secondary N) is 1. The number of nitrogens with zero attached hydrogens (tertiary/aromatic N) is 1. The van der Waals surface area contributed by atoms with Crippen molar-refractivity contribution in [1.82, 2.24) is 4.31 Å². The summed E-state index contributed by atoms with van der Waals surface area (Å²) in [5.41, 5.74) is 1.59. The molecular formula is C24H32N2O5S. The average molecular weight is 461 g/mol. The van der Waals surface area contributed by atoms with E-state index in [1.165, 1.54) is 0 Å². The number of sulfonamides is 1. The van der Waals surface area contributed by atoms with E-state index >= 15 is 0 Å². The molecule has 3 rings (SSSR count). The summed E-state index contributed by atoms with van der Waals surface area (Å²) in [4.78, 5) is 12.7. The predicted molar refractivity (Wildman–Crippen MR) is 124 cm³/mol. The molecule has 174 valence electrons. The van der Waals surface area contributed by atoms with Gasteiger partial charge in [0.05, 0.1) is 11.5 Å². The zero-order valence-corrected chi connectivity index (χ0v) is 19.4. The summed E-state index contributed by atoms with van der Waals surface area (Å²) in [5.74, 6) is 0.557. The lowest BCUT2D eigenvalue weighted by molar-refractivity contribution is -0.116. The van der Waals surface area contributed by atoms with Crippen LogP contribution < -0.4 is 10.1 Å². The minimum atomic E-state index is -3.45. The summed E-state index contributed by atoms with van der Waals surface area (Å²) in [6, 6.07) is 14.1. The Morgan fingerprint density at radius 2 is 1.72 bits per heavy atom. The first-order valence-corrected chi connectivity index (χ1v) is 12.5. The number of hydrogen-bond donors (Lipinski definition) is 1. The van der Waals surface area contributed by atoms with Crippen LogP contribution in [0.1, 0.15) is 37.7 Å². The van der Waals surface area contributed by atoms with E-state index in [9.17, 15) is 13.2 Å². The van der Waals surface area contributed by atoms with Crippen LogP contribution in [0.5, 0.6) is 5.75 Å². The number of carbonyl (C=O) groups is 1. The van der Waals surface area contributed by atoms with Gasteiger partial charge < -0.3 is 14.8 Å². The van der Waals surface area contributed by atoms with Crippen LogP contribution in [-0.4, -0.2) is 52.0 Å². The number of rotatable bonds is 10. The Kier molecular flexibility index (Phi) is 9.08. The van der Waals surface area contributed by atoms with Gasteiger partial charge >= 0.3 is 0 Å². The molecule has 1 saturated heterocycles. The van der Waals surface area contributed by atoms with Gasteiger partial charge in [0.15, 0.2) is 0 Å². The van der Waals surface area contributed by atoms with Crippen LogP contribution in [0.25, 0.3) is 0 Å². The molecule has 0 unspecified atom stereocenters. The summed E-state index contributed by atoms with van der Waals surface area (Å²) in [6.45, 7) is 2.11. The molecule has 7 nitrogen and oxygen atoms in total. The molecule has 0 atom stereocenters. The first kappa shape index (κ1) is 24.2. The molecule has 8 heteroatoms. The molecule has 1 N–H and O–H groups in total. The van der Waals surface area contributed by atoms with E-state index in [0.29, 0.717) is 55.5 Å². The van der Waals surface area contributed by atoms with E-state index in [1.54, 1.807) is 41.7 Å². The Bertz CT molecular complexity index is 968. The molecule has 0 aliphatic carbocycles. The van der Waals surface area contributed by atoms with Gasteiger partial charge in [-0.05, 0) is 49.1 Å². The van der Waals surface area contributed by atoms with Crippen LogP contribution in [0.15, 0.2) is 53.4 Å². The molecule has 0 aromatic heterocycles. The second-order valence-electron chi connectivity index (χ2n) is 7.88. The minimum Gasteiger partial charge on any atom is -0.491 e. The lowest BCUT2D eigenvalue weighted by Gasteiger charge is -2.20. The second-order valence-corrected chi connectivity index (χ2v) is 9.82. The molecule has 1 amide bonds. The predicted octanol–water partition coefficient (Wildman–Crippen LogP) is 3.85. The van der Waals surface area contributed by atoms with Crippen LogP contribution in [0, 0.1) is 0 Å². The zero-order valence-electron chi connectivity index (χ0n) is 18.6. The highest BCUT2D eigenvalue weighted by Crippen LogP contribution is 2.21. The summed E-state index contributed by atoms with van der Waals surface area (Å²) >= 11 is 0. The van der Waals surface area contributed by atoms with Gasteiger partial charge in [0.2, 0.25) is 15.9 Å². The van der Waals surface area contributed by atoms with Crippen molar-refractivity contribution >= 4 is 21.6 Å². The van der Waals surface area contributed by atoms with Crippen molar-refractivity contribution < 1.29 is 22.7 Å². The van der Waals surface area contributed by atoms with Crippen molar-refractivity contribution in [3.63, 3.8) is 0 Å². The van der Waals surface area contributed by atoms with Gasteiger partial charge in [0, 0.05) is 38.4 Å². The lowest BCUT2D eigenvalue weighted by atomic mass is 10.1. The van der Waals surface area contributed by atoms with Crippen LogP contribution in [0.4, 0.5) is 5.69 Å². The molecule has 1 aliphatic rings. The van der Waals surface area contributed by atoms with E-state index in [2.05, 4.69) is 5.32 Å². The van der Waals surface area contributed by atoms with Crippen molar-refractivity contribution in [2.24, 2.45) is 0 Å². The number of benzene rings is 2. The average Bonchev–Trinajstić information content (AvgIpc) is 3.09. The summed E-state index contributed by atoms with van der Waals surface area (Å²) in [5, 5.41) is 2.87. The Labute approximate surface area is 190 Å². The SMILES string of the molecule is COCCOc1cccc(NC(=O)CCc2ccc(S(=O)(=O)N3CCCCCC3)cc2)c1. The van der Waals surface area contributed by atoms with Gasteiger partial charge in [0.1, 0.15) is 12.4 Å². The molecule has 0 spiro atoms. The third-order valence-electron chi connectivity index (χ3n) is 5.44. The highest BCUT2D eigenvalue weighted by Gasteiger charge is 2.24. The fourth-order valence-corrected chi connectivity index (χ4v) is 5.16. The maximum absolute atomic E-state index is 12.9. The molecule has 1 heterocycles. The number of anilines is 1. The van der Waals surface area contributed by atoms with Gasteiger partial charge in [-0.15, -0.1) is 0 Å². The quantitative estimate of drug-likeness (QED) is 0.545. The zero-order chi connectivity index (χ0) is 22.8. The van der Waals surface area contributed by atoms with Crippen LogP contribution in [-0.2, 0) is 26.0 Å². The first-order valence-electron chi connectivity index (χ1n) is 11.1. The molecule has 0 saturated carbocycles. The molecule has 1 aliphatic heterocycles. The van der Waals surface area contributed by atoms with Crippen molar-refractivity contribution in [2.45, 2.75) is 43.4 Å². The van der Waals surface area contributed by atoms with Crippen molar-refractivity contribution in [2.75, 3.05) is 38.7 Å². The molecule has 1 fully saturated rings. The Morgan fingerprint density at radius 3 is 2.41 bits per heavy atom. The molecule has 0 radical (unpaired) electrons. The standard InChI is InChI=1S/C24H32N2O5S/c1-30-17-18-31-22-8-6-7-21(19-22)25-24(27)14-11-20-9-12-23(13-10-20)32(28,29)26-15-4-2-3-5-16-26/h6-10,12-13,19H,2-5,11,14-18H2,1H3,(H,25,27). The fraction of sp³-hybridized carbons (Fsp3) is 0.458. The molecule has 2 aromatic rings. The molecule has 2 aromatic carbocycles. The summed E-state index contributed by atoms with van der Waals surface area (Å²) in [6.07, 6.45) is 4.81. The number of aryl methyl sites for hydroxylation is 1. The first-order chi connectivity index (χ1) is 15.5. The third-order valence-corrected chi connectivity index (χ3v) is 7.35. The van der Waals surface area contributed by atoms with Gasteiger partial charge in [-0.25, -0.2) is 8.42 Å². The highest BCUT2D eigenvalue weighted by molar-refractivity contribution is 7.89. The molecular weight excluding hydrogens is 428 g/mol. The Morgan fingerprint density at radius 1 is 1.00 bits per heavy atom. The highest BCUT2D eigenvalue weighted by atomic mass is 32.2. The maximum Gasteiger partial charge on any atom is 0.243 e. The van der Waals surface area contributed by atoms with E-state index in [-0.39, 0.29) is 5.91 Å². The monoisotopic (exact) mass is 460 g/mol. The van der Waals surface area contributed by atoms with Crippen LogP contribution in [0.2, 0.25) is 0 Å². The maximum atomic E-state index is 12.9. The van der Waals surface area contributed by atoms with Gasteiger partial charge in [-0.1, -0.05) is 31.0 Å². The van der Waals surface area contributed by atoms with Gasteiger partial charge in [-0.2, -0.15) is 4.31 Å².